The van der Waals surface area contributed by atoms with Gasteiger partial charge in [-0.05, 0) is 54.7 Å². The van der Waals surface area contributed by atoms with Crippen LogP contribution < -0.4 is 5.32 Å². The third-order valence-electron chi connectivity index (χ3n) is 7.71. The van der Waals surface area contributed by atoms with Gasteiger partial charge in [0.05, 0.1) is 24.5 Å². The normalized spacial score (nSPS) is 15.6. The van der Waals surface area contributed by atoms with E-state index in [2.05, 4.69) is 67.5 Å². The molecule has 3 aromatic carbocycles. The van der Waals surface area contributed by atoms with Crippen LogP contribution >= 0.6 is 0 Å². The van der Waals surface area contributed by atoms with Crippen LogP contribution in [0.1, 0.15) is 59.1 Å². The van der Waals surface area contributed by atoms with Crippen molar-refractivity contribution < 1.29 is 14.0 Å². The number of aryl methyl sites for hydroxylation is 1. The summed E-state index contributed by atoms with van der Waals surface area (Å²) in [7, 11) is 0. The van der Waals surface area contributed by atoms with Gasteiger partial charge in [-0.15, -0.1) is 0 Å². The predicted octanol–water partition coefficient (Wildman–Crippen LogP) is 7.01. The minimum Gasteiger partial charge on any atom is -0.467 e. The van der Waals surface area contributed by atoms with Crippen molar-refractivity contribution >= 4 is 22.7 Å². The molecule has 0 radical (unpaired) electrons. The second-order valence-electron chi connectivity index (χ2n) is 11.0. The SMILES string of the molecule is Cc1ccc(-c2[nH]c3ccccc3c2C2c3ccccc3C(=O)N2C(CC(C)C)C(=O)NCc2ccco2)cc1. The molecule has 0 bridgehead atoms. The lowest BCUT2D eigenvalue weighted by Crippen LogP contribution is -2.49. The average Bonchev–Trinajstić information content (AvgIpc) is 3.68. The Labute approximate surface area is 234 Å². The van der Waals surface area contributed by atoms with Gasteiger partial charge in [0.2, 0.25) is 5.91 Å². The van der Waals surface area contributed by atoms with Crippen molar-refractivity contribution in [2.75, 3.05) is 0 Å². The van der Waals surface area contributed by atoms with Crippen LogP contribution in [-0.4, -0.2) is 27.7 Å². The van der Waals surface area contributed by atoms with E-state index in [4.69, 9.17) is 4.42 Å². The number of para-hydroxylation sites is 1. The molecule has 0 fully saturated rings. The Morgan fingerprint density at radius 3 is 2.48 bits per heavy atom. The Morgan fingerprint density at radius 2 is 1.73 bits per heavy atom. The summed E-state index contributed by atoms with van der Waals surface area (Å²) in [6.45, 7) is 6.50. The first-order chi connectivity index (χ1) is 19.4. The number of furan rings is 1. The molecule has 0 spiro atoms. The number of hydrogen-bond acceptors (Lipinski definition) is 3. The van der Waals surface area contributed by atoms with Crippen molar-refractivity contribution in [3.05, 3.63) is 119 Å². The van der Waals surface area contributed by atoms with E-state index < -0.39 is 12.1 Å². The molecule has 0 aliphatic carbocycles. The lowest BCUT2D eigenvalue weighted by Gasteiger charge is -2.34. The Hall–Kier alpha value is -4.58. The quantitative estimate of drug-likeness (QED) is 0.226. The number of aromatic amines is 1. The molecule has 1 aliphatic rings. The van der Waals surface area contributed by atoms with E-state index in [1.54, 1.807) is 12.3 Å². The maximum Gasteiger partial charge on any atom is 0.255 e. The van der Waals surface area contributed by atoms with Gasteiger partial charge in [-0.25, -0.2) is 0 Å². The summed E-state index contributed by atoms with van der Waals surface area (Å²) in [5.41, 5.74) is 6.72. The number of H-pyrrole nitrogens is 1. The Balaban J connectivity index is 1.52. The number of fused-ring (bicyclic) bond motifs is 2. The fraction of sp³-hybridized carbons (Fsp3) is 0.235. The summed E-state index contributed by atoms with van der Waals surface area (Å²) >= 11 is 0. The van der Waals surface area contributed by atoms with E-state index in [0.717, 1.165) is 33.3 Å². The third-order valence-corrected chi connectivity index (χ3v) is 7.71. The first-order valence-corrected chi connectivity index (χ1v) is 13.8. The van der Waals surface area contributed by atoms with Crippen LogP contribution in [0.4, 0.5) is 0 Å². The van der Waals surface area contributed by atoms with E-state index >= 15 is 0 Å². The van der Waals surface area contributed by atoms with Crippen LogP contribution in [0.5, 0.6) is 0 Å². The second-order valence-corrected chi connectivity index (χ2v) is 11.0. The summed E-state index contributed by atoms with van der Waals surface area (Å²) in [4.78, 5) is 33.5. The highest BCUT2D eigenvalue weighted by molar-refractivity contribution is 6.04. The molecule has 202 valence electrons. The lowest BCUT2D eigenvalue weighted by molar-refractivity contribution is -0.126. The molecule has 6 rings (SSSR count). The number of aromatic nitrogens is 1. The first-order valence-electron chi connectivity index (χ1n) is 13.8. The maximum absolute atomic E-state index is 14.2. The van der Waals surface area contributed by atoms with Gasteiger partial charge in [-0.2, -0.15) is 0 Å². The standard InChI is InChI=1S/C34H33N3O3/c1-21(2)19-29(33(38)35-20-24-9-8-18-40-24)37-32(25-10-4-5-11-26(25)34(37)39)30-27-12-6-7-13-28(27)36-31(30)23-16-14-22(3)15-17-23/h4-18,21,29,32,36H,19-20H2,1-3H3,(H,35,38). The Bertz CT molecular complexity index is 1660. The van der Waals surface area contributed by atoms with Gasteiger partial charge in [0.25, 0.3) is 5.91 Å². The van der Waals surface area contributed by atoms with E-state index in [1.165, 1.54) is 5.56 Å². The molecule has 6 heteroatoms. The van der Waals surface area contributed by atoms with E-state index in [0.29, 0.717) is 17.7 Å². The molecule has 1 aliphatic heterocycles. The molecule has 2 unspecified atom stereocenters. The minimum absolute atomic E-state index is 0.125. The maximum atomic E-state index is 14.2. The first kappa shape index (κ1) is 25.7. The molecular weight excluding hydrogens is 498 g/mol. The molecule has 2 atom stereocenters. The van der Waals surface area contributed by atoms with E-state index in [-0.39, 0.29) is 24.3 Å². The highest BCUT2D eigenvalue weighted by atomic mass is 16.3. The fourth-order valence-corrected chi connectivity index (χ4v) is 5.85. The van der Waals surface area contributed by atoms with Crippen LogP contribution in [0.25, 0.3) is 22.2 Å². The van der Waals surface area contributed by atoms with Gasteiger partial charge in [-0.1, -0.05) is 80.1 Å². The van der Waals surface area contributed by atoms with Gasteiger partial charge in [0.15, 0.2) is 0 Å². The van der Waals surface area contributed by atoms with Crippen LogP contribution in [0, 0.1) is 12.8 Å². The van der Waals surface area contributed by atoms with Crippen molar-refractivity contribution in [3.8, 4) is 11.3 Å². The summed E-state index contributed by atoms with van der Waals surface area (Å²) in [6, 6.07) is 26.9. The van der Waals surface area contributed by atoms with Gasteiger partial charge in [-0.3, -0.25) is 9.59 Å². The molecule has 6 nitrogen and oxygen atoms in total. The monoisotopic (exact) mass is 531 g/mol. The Morgan fingerprint density at radius 1 is 0.975 bits per heavy atom. The summed E-state index contributed by atoms with van der Waals surface area (Å²) in [6.07, 6.45) is 2.12. The lowest BCUT2D eigenvalue weighted by atomic mass is 9.91. The molecule has 2 amide bonds. The third kappa shape index (κ3) is 4.60. The highest BCUT2D eigenvalue weighted by Gasteiger charge is 2.45. The molecule has 0 saturated heterocycles. The average molecular weight is 532 g/mol. The van der Waals surface area contributed by atoms with Crippen molar-refractivity contribution in [1.82, 2.24) is 15.2 Å². The second kappa shape index (κ2) is 10.5. The molecule has 40 heavy (non-hydrogen) atoms. The van der Waals surface area contributed by atoms with E-state index in [1.807, 2.05) is 47.4 Å². The molecule has 5 aromatic rings. The Kier molecular flexibility index (Phi) is 6.76. The largest absolute Gasteiger partial charge is 0.467 e. The van der Waals surface area contributed by atoms with Gasteiger partial charge >= 0.3 is 0 Å². The van der Waals surface area contributed by atoms with Gasteiger partial charge in [0, 0.05) is 22.0 Å². The molecule has 2 aromatic heterocycles. The van der Waals surface area contributed by atoms with Crippen molar-refractivity contribution in [3.63, 3.8) is 0 Å². The number of amides is 2. The molecular formula is C34H33N3O3. The van der Waals surface area contributed by atoms with Crippen LogP contribution in [-0.2, 0) is 11.3 Å². The van der Waals surface area contributed by atoms with Gasteiger partial charge in [0.1, 0.15) is 11.8 Å². The molecule has 3 heterocycles. The molecule has 2 N–H and O–H groups in total. The zero-order valence-corrected chi connectivity index (χ0v) is 23.0. The number of benzene rings is 3. The van der Waals surface area contributed by atoms with Crippen molar-refractivity contribution in [2.45, 2.75) is 45.8 Å². The molecule has 0 saturated carbocycles. The van der Waals surface area contributed by atoms with Crippen molar-refractivity contribution in [1.29, 1.82) is 0 Å². The van der Waals surface area contributed by atoms with Crippen LogP contribution in [0.15, 0.2) is 95.6 Å². The van der Waals surface area contributed by atoms with Crippen LogP contribution in [0.2, 0.25) is 0 Å². The highest BCUT2D eigenvalue weighted by Crippen LogP contribution is 2.47. The minimum atomic E-state index is -0.667. The smallest absolute Gasteiger partial charge is 0.255 e. The summed E-state index contributed by atoms with van der Waals surface area (Å²) in [5.74, 6) is 0.547. The topological polar surface area (TPSA) is 78.3 Å². The summed E-state index contributed by atoms with van der Waals surface area (Å²) < 4.78 is 5.44. The van der Waals surface area contributed by atoms with Gasteiger partial charge < -0.3 is 19.6 Å². The fourth-order valence-electron chi connectivity index (χ4n) is 5.85. The van der Waals surface area contributed by atoms with Crippen LogP contribution in [0.3, 0.4) is 0 Å². The number of hydrogen-bond donors (Lipinski definition) is 2. The number of carbonyl (C=O) groups excluding carboxylic acids is 2. The number of nitrogens with one attached hydrogen (secondary N) is 2. The predicted molar refractivity (Wildman–Crippen MR) is 157 cm³/mol. The van der Waals surface area contributed by atoms with Crippen molar-refractivity contribution in [2.24, 2.45) is 5.92 Å². The number of nitrogens with zero attached hydrogens (tertiary/aromatic N) is 1. The zero-order chi connectivity index (χ0) is 27.8. The zero-order valence-electron chi connectivity index (χ0n) is 23.0. The number of carbonyl (C=O) groups is 2. The van der Waals surface area contributed by atoms with E-state index in [9.17, 15) is 9.59 Å². The summed E-state index contributed by atoms with van der Waals surface area (Å²) in [5, 5.41) is 4.07. The number of rotatable bonds is 8.